The van der Waals surface area contributed by atoms with Crippen LogP contribution in [0.15, 0.2) is 35.1 Å². The fraction of sp³-hybridized carbons (Fsp3) is 0.462. The normalized spacial score (nSPS) is 16.1. The molecule has 1 fully saturated rings. The van der Waals surface area contributed by atoms with Gasteiger partial charge in [-0.25, -0.2) is 4.39 Å². The van der Waals surface area contributed by atoms with Gasteiger partial charge in [-0.05, 0) is 64.8 Å². The monoisotopic (exact) mass is 486 g/mol. The van der Waals surface area contributed by atoms with E-state index in [1.165, 1.54) is 0 Å². The van der Waals surface area contributed by atoms with Crippen LogP contribution in [0, 0.1) is 19.8 Å². The molecule has 182 valence electrons. The highest BCUT2D eigenvalue weighted by molar-refractivity contribution is 6.31. The molecule has 2 aromatic heterocycles. The summed E-state index contributed by atoms with van der Waals surface area (Å²) in [5.41, 5.74) is 3.27. The number of pyridine rings is 1. The Morgan fingerprint density at radius 2 is 1.97 bits per heavy atom. The molecule has 1 saturated heterocycles. The Kier molecular flexibility index (Phi) is 7.43. The number of piperidine rings is 1. The van der Waals surface area contributed by atoms with E-state index in [2.05, 4.69) is 32.8 Å². The number of rotatable bonds is 7. The maximum atomic E-state index is 13.3. The average molecular weight is 487 g/mol. The number of alkyl halides is 1. The molecule has 0 aliphatic carbocycles. The largest absolute Gasteiger partial charge is 0.348 e. The number of halogens is 2. The number of amides is 1. The number of aryl methyl sites for hydroxylation is 1. The number of para-hydroxylation sites is 1. The molecule has 0 bridgehead atoms. The van der Waals surface area contributed by atoms with Crippen LogP contribution >= 0.6 is 11.6 Å². The van der Waals surface area contributed by atoms with Crippen LogP contribution in [0.25, 0.3) is 10.9 Å². The molecule has 1 aliphatic heterocycles. The number of fused-ring (bicyclic) bond motifs is 1. The molecule has 4 rings (SSSR count). The number of hydrogen-bond donors (Lipinski definition) is 2. The first-order valence-corrected chi connectivity index (χ1v) is 12.2. The number of carbonyl (C=O) groups excluding carboxylic acids is 1. The van der Waals surface area contributed by atoms with Gasteiger partial charge in [0.1, 0.15) is 6.67 Å². The van der Waals surface area contributed by atoms with Crippen LogP contribution in [-0.2, 0) is 6.54 Å². The first kappa shape index (κ1) is 24.5. The van der Waals surface area contributed by atoms with Crippen molar-refractivity contribution < 1.29 is 9.18 Å². The molecule has 0 saturated carbocycles. The standard InChI is InChI=1S/C26H32ClFN4O2/c1-16-14-22(27)21(25(33)30-16)15-29-26(34)24-18(3)32(23-7-5-4-6-20(23)24)17(2)19-8-11-31(12-9-19)13-10-28/h4-7,14,17,19H,8-13,15H2,1-3H3,(H,29,34)(H,30,33). The molecule has 0 spiro atoms. The summed E-state index contributed by atoms with van der Waals surface area (Å²) in [4.78, 5) is 30.6. The first-order valence-electron chi connectivity index (χ1n) is 11.9. The zero-order valence-corrected chi connectivity index (χ0v) is 20.7. The van der Waals surface area contributed by atoms with Crippen LogP contribution in [0.3, 0.4) is 0 Å². The van der Waals surface area contributed by atoms with Gasteiger partial charge in [-0.1, -0.05) is 29.8 Å². The Balaban J connectivity index is 1.60. The lowest BCUT2D eigenvalue weighted by Gasteiger charge is -2.35. The van der Waals surface area contributed by atoms with Crippen LogP contribution < -0.4 is 10.9 Å². The van der Waals surface area contributed by atoms with Crippen molar-refractivity contribution in [2.75, 3.05) is 26.3 Å². The summed E-state index contributed by atoms with van der Waals surface area (Å²) in [5.74, 6) is 0.222. The molecule has 6 nitrogen and oxygen atoms in total. The van der Waals surface area contributed by atoms with Gasteiger partial charge in [0.05, 0.1) is 22.7 Å². The molecule has 1 atom stereocenters. The lowest BCUT2D eigenvalue weighted by atomic mass is 9.90. The molecule has 1 amide bonds. The second-order valence-electron chi connectivity index (χ2n) is 9.25. The van der Waals surface area contributed by atoms with Crippen molar-refractivity contribution in [2.45, 2.75) is 46.2 Å². The fourth-order valence-electron chi connectivity index (χ4n) is 5.29. The molecule has 0 radical (unpaired) electrons. The van der Waals surface area contributed by atoms with E-state index >= 15 is 0 Å². The van der Waals surface area contributed by atoms with Gasteiger partial charge in [-0.3, -0.25) is 9.59 Å². The third-order valence-electron chi connectivity index (χ3n) is 7.15. The summed E-state index contributed by atoms with van der Waals surface area (Å²) in [6, 6.07) is 9.83. The van der Waals surface area contributed by atoms with Gasteiger partial charge in [-0.2, -0.15) is 0 Å². The summed E-state index contributed by atoms with van der Waals surface area (Å²) >= 11 is 6.25. The van der Waals surface area contributed by atoms with Crippen molar-refractivity contribution >= 4 is 28.4 Å². The van der Waals surface area contributed by atoms with Crippen LogP contribution in [0.2, 0.25) is 5.02 Å². The second-order valence-corrected chi connectivity index (χ2v) is 9.65. The zero-order valence-electron chi connectivity index (χ0n) is 20.0. The number of nitrogens with zero attached hydrogens (tertiary/aromatic N) is 2. The van der Waals surface area contributed by atoms with Crippen molar-refractivity contribution in [3.05, 3.63) is 68.2 Å². The van der Waals surface area contributed by atoms with Crippen molar-refractivity contribution in [2.24, 2.45) is 5.92 Å². The number of likely N-dealkylation sites (tertiary alicyclic amines) is 1. The van der Waals surface area contributed by atoms with Crippen molar-refractivity contribution in [1.29, 1.82) is 0 Å². The Hall–Kier alpha value is -2.64. The lowest BCUT2D eigenvalue weighted by Crippen LogP contribution is -2.37. The topological polar surface area (TPSA) is 70.1 Å². The predicted molar refractivity (Wildman–Crippen MR) is 135 cm³/mol. The molecule has 3 heterocycles. The van der Waals surface area contributed by atoms with E-state index in [1.54, 1.807) is 13.0 Å². The average Bonchev–Trinajstić information content (AvgIpc) is 3.10. The second kappa shape index (κ2) is 10.3. The van der Waals surface area contributed by atoms with Crippen LogP contribution in [0.5, 0.6) is 0 Å². The fourth-order valence-corrected chi connectivity index (χ4v) is 5.61. The smallest absolute Gasteiger partial charge is 0.254 e. The molecule has 2 N–H and O–H groups in total. The predicted octanol–water partition coefficient (Wildman–Crippen LogP) is 4.77. The molecule has 34 heavy (non-hydrogen) atoms. The first-order chi connectivity index (χ1) is 16.3. The third kappa shape index (κ3) is 4.77. The van der Waals surface area contributed by atoms with Gasteiger partial charge in [0.2, 0.25) is 0 Å². The number of aromatic amines is 1. The minimum atomic E-state index is -0.306. The highest BCUT2D eigenvalue weighted by atomic mass is 35.5. The van der Waals surface area contributed by atoms with Crippen molar-refractivity contribution in [3.8, 4) is 0 Å². The minimum absolute atomic E-state index is 0.0504. The highest BCUT2D eigenvalue weighted by Crippen LogP contribution is 2.35. The van der Waals surface area contributed by atoms with Crippen LogP contribution in [-0.4, -0.2) is 46.7 Å². The molecular formula is C26H32ClFN4O2. The van der Waals surface area contributed by atoms with Gasteiger partial charge in [-0.15, -0.1) is 0 Å². The van der Waals surface area contributed by atoms with Gasteiger partial charge < -0.3 is 19.8 Å². The van der Waals surface area contributed by atoms with Crippen LogP contribution in [0.4, 0.5) is 4.39 Å². The number of aromatic nitrogens is 2. The Labute approximate surface area is 204 Å². The molecule has 3 aromatic rings. The van der Waals surface area contributed by atoms with Crippen molar-refractivity contribution in [3.63, 3.8) is 0 Å². The number of benzene rings is 1. The summed E-state index contributed by atoms with van der Waals surface area (Å²) < 4.78 is 15.0. The van der Waals surface area contributed by atoms with E-state index < -0.39 is 0 Å². The SMILES string of the molecule is Cc1cc(Cl)c(CNC(=O)c2c(C)n(C(C)C3CCN(CCF)CC3)c3ccccc23)c(=O)[nH]1. The van der Waals surface area contributed by atoms with Crippen LogP contribution in [0.1, 0.15) is 53.1 Å². The summed E-state index contributed by atoms with van der Waals surface area (Å²) in [6.07, 6.45) is 2.01. The summed E-state index contributed by atoms with van der Waals surface area (Å²) in [6.45, 7) is 8.00. The van der Waals surface area contributed by atoms with E-state index in [4.69, 9.17) is 11.6 Å². The van der Waals surface area contributed by atoms with Gasteiger partial charge >= 0.3 is 0 Å². The maximum Gasteiger partial charge on any atom is 0.254 e. The number of carbonyl (C=O) groups is 1. The molecular weight excluding hydrogens is 455 g/mol. The lowest BCUT2D eigenvalue weighted by molar-refractivity contribution is 0.0951. The maximum absolute atomic E-state index is 13.3. The number of nitrogens with one attached hydrogen (secondary N) is 2. The highest BCUT2D eigenvalue weighted by Gasteiger charge is 2.29. The number of hydrogen-bond acceptors (Lipinski definition) is 3. The molecule has 1 aliphatic rings. The van der Waals surface area contributed by atoms with E-state index in [0.29, 0.717) is 34.3 Å². The Morgan fingerprint density at radius 3 is 2.65 bits per heavy atom. The van der Waals surface area contributed by atoms with E-state index in [-0.39, 0.29) is 30.7 Å². The molecule has 8 heteroatoms. The van der Waals surface area contributed by atoms with E-state index in [1.807, 2.05) is 25.1 Å². The summed E-state index contributed by atoms with van der Waals surface area (Å²) in [7, 11) is 0. The van der Waals surface area contributed by atoms with E-state index in [0.717, 1.165) is 42.5 Å². The Morgan fingerprint density at radius 1 is 1.26 bits per heavy atom. The minimum Gasteiger partial charge on any atom is -0.348 e. The van der Waals surface area contributed by atoms with Crippen molar-refractivity contribution in [1.82, 2.24) is 19.8 Å². The third-order valence-corrected chi connectivity index (χ3v) is 7.48. The Bertz CT molecular complexity index is 1240. The summed E-state index contributed by atoms with van der Waals surface area (Å²) in [5, 5.41) is 4.14. The zero-order chi connectivity index (χ0) is 24.4. The van der Waals surface area contributed by atoms with Gasteiger partial charge in [0, 0.05) is 34.9 Å². The molecule has 1 unspecified atom stereocenters. The quantitative estimate of drug-likeness (QED) is 0.505. The molecule has 1 aromatic carbocycles. The van der Waals surface area contributed by atoms with E-state index in [9.17, 15) is 14.0 Å². The van der Waals surface area contributed by atoms with Gasteiger partial charge in [0.15, 0.2) is 0 Å². The van der Waals surface area contributed by atoms with Gasteiger partial charge in [0.25, 0.3) is 11.5 Å². The number of H-pyrrole nitrogens is 1.